The minimum Gasteiger partial charge on any atom is -0.481 e. The predicted molar refractivity (Wildman–Crippen MR) is 156 cm³/mol. The standard InChI is InChI=1S/C32H27Cl2FN2O3/c1-2-4-24(19-7-9-21(10-8-19)32(40)37-16-15-28(38)39)30(20-11-13-23(33)14-12-20)31-25-5-3-6-27(35)29(25)22(18-36)17-26(31)34/h3,5-14,17,24,30H,2,4,15-16H2,1H3,(H,37,40)(H,38,39). The fourth-order valence-corrected chi connectivity index (χ4v) is 5.66. The Morgan fingerprint density at radius 1 is 1.02 bits per heavy atom. The van der Waals surface area contributed by atoms with Crippen molar-refractivity contribution in [1.29, 1.82) is 5.26 Å². The number of carbonyl (C=O) groups excluding carboxylic acids is 1. The largest absolute Gasteiger partial charge is 0.481 e. The molecule has 2 unspecified atom stereocenters. The van der Waals surface area contributed by atoms with Crippen LogP contribution in [0.25, 0.3) is 10.8 Å². The molecule has 0 fully saturated rings. The summed E-state index contributed by atoms with van der Waals surface area (Å²) in [5, 5.41) is 22.9. The number of hydrogen-bond donors (Lipinski definition) is 2. The third-order valence-electron chi connectivity index (χ3n) is 6.99. The Labute approximate surface area is 242 Å². The van der Waals surface area contributed by atoms with E-state index in [1.807, 2.05) is 24.3 Å². The van der Waals surface area contributed by atoms with E-state index in [0.29, 0.717) is 26.6 Å². The van der Waals surface area contributed by atoms with Gasteiger partial charge in [-0.25, -0.2) is 4.39 Å². The van der Waals surface area contributed by atoms with Crippen molar-refractivity contribution in [3.05, 3.63) is 116 Å². The molecule has 4 aromatic rings. The zero-order chi connectivity index (χ0) is 28.8. The first-order valence-corrected chi connectivity index (χ1v) is 13.7. The van der Waals surface area contributed by atoms with E-state index in [1.165, 1.54) is 12.1 Å². The summed E-state index contributed by atoms with van der Waals surface area (Å²) < 4.78 is 15.1. The topological polar surface area (TPSA) is 90.2 Å². The van der Waals surface area contributed by atoms with E-state index in [4.69, 9.17) is 28.3 Å². The van der Waals surface area contributed by atoms with Crippen LogP contribution in [0.1, 0.15) is 70.6 Å². The number of rotatable bonds is 10. The van der Waals surface area contributed by atoms with Crippen LogP contribution >= 0.6 is 23.2 Å². The molecule has 0 radical (unpaired) electrons. The predicted octanol–water partition coefficient (Wildman–Crippen LogP) is 8.08. The molecule has 2 atom stereocenters. The quantitative estimate of drug-likeness (QED) is 0.199. The first-order valence-electron chi connectivity index (χ1n) is 12.9. The van der Waals surface area contributed by atoms with Gasteiger partial charge in [0.05, 0.1) is 18.1 Å². The molecule has 0 aliphatic carbocycles. The maximum absolute atomic E-state index is 15.1. The number of nitrogens with zero attached hydrogens (tertiary/aromatic N) is 1. The molecular formula is C32H27Cl2FN2O3. The molecule has 0 aromatic heterocycles. The van der Waals surface area contributed by atoms with E-state index < -0.39 is 11.8 Å². The lowest BCUT2D eigenvalue weighted by molar-refractivity contribution is -0.136. The Bertz CT molecular complexity index is 1580. The normalized spacial score (nSPS) is 12.5. The molecule has 0 aliphatic heterocycles. The van der Waals surface area contributed by atoms with Gasteiger partial charge in [0.2, 0.25) is 0 Å². The van der Waals surface area contributed by atoms with Gasteiger partial charge in [0.1, 0.15) is 5.82 Å². The summed E-state index contributed by atoms with van der Waals surface area (Å²) in [5.41, 5.74) is 3.18. The molecule has 0 heterocycles. The van der Waals surface area contributed by atoms with Crippen LogP contribution in [0.5, 0.6) is 0 Å². The van der Waals surface area contributed by atoms with Gasteiger partial charge in [0.15, 0.2) is 0 Å². The van der Waals surface area contributed by atoms with E-state index in [2.05, 4.69) is 18.3 Å². The molecular weight excluding hydrogens is 550 g/mol. The van der Waals surface area contributed by atoms with Crippen molar-refractivity contribution >= 4 is 45.9 Å². The Kier molecular flexibility index (Phi) is 9.42. The van der Waals surface area contributed by atoms with E-state index in [9.17, 15) is 14.9 Å². The van der Waals surface area contributed by atoms with E-state index in [-0.39, 0.29) is 41.7 Å². The van der Waals surface area contributed by atoms with Gasteiger partial charge in [-0.05, 0) is 70.8 Å². The molecule has 4 aromatic carbocycles. The van der Waals surface area contributed by atoms with Crippen molar-refractivity contribution in [3.8, 4) is 6.07 Å². The maximum atomic E-state index is 15.1. The summed E-state index contributed by atoms with van der Waals surface area (Å²) in [6.45, 7) is 2.11. The number of carboxylic acid groups (broad SMARTS) is 1. The summed E-state index contributed by atoms with van der Waals surface area (Å²) in [5.74, 6) is -2.28. The highest BCUT2D eigenvalue weighted by molar-refractivity contribution is 6.33. The number of amides is 1. The van der Waals surface area contributed by atoms with Crippen LogP contribution in [0.4, 0.5) is 4.39 Å². The van der Waals surface area contributed by atoms with Gasteiger partial charge in [-0.15, -0.1) is 0 Å². The smallest absolute Gasteiger partial charge is 0.305 e. The molecule has 204 valence electrons. The fourth-order valence-electron chi connectivity index (χ4n) is 5.21. The highest BCUT2D eigenvalue weighted by Crippen LogP contribution is 2.47. The number of aliphatic carboxylic acids is 1. The zero-order valence-corrected chi connectivity index (χ0v) is 23.3. The Morgan fingerprint density at radius 3 is 2.33 bits per heavy atom. The van der Waals surface area contributed by atoms with Gasteiger partial charge in [-0.3, -0.25) is 9.59 Å². The molecule has 1 amide bonds. The number of hydrogen-bond acceptors (Lipinski definition) is 3. The van der Waals surface area contributed by atoms with Gasteiger partial charge in [0, 0.05) is 33.5 Å². The number of nitrogens with one attached hydrogen (secondary N) is 1. The number of benzene rings is 4. The van der Waals surface area contributed by atoms with E-state index in [0.717, 1.165) is 24.0 Å². The summed E-state index contributed by atoms with van der Waals surface area (Å²) in [6, 6.07) is 23.0. The van der Waals surface area contributed by atoms with Crippen molar-refractivity contribution < 1.29 is 19.1 Å². The monoisotopic (exact) mass is 576 g/mol. The molecule has 4 rings (SSSR count). The Hall–Kier alpha value is -3.92. The molecule has 0 saturated carbocycles. The zero-order valence-electron chi connectivity index (χ0n) is 21.8. The minimum absolute atomic E-state index is 0.0356. The van der Waals surface area contributed by atoms with Gasteiger partial charge < -0.3 is 10.4 Å². The Balaban J connectivity index is 1.86. The van der Waals surface area contributed by atoms with Crippen LogP contribution in [-0.2, 0) is 4.79 Å². The second-order valence-corrected chi connectivity index (χ2v) is 10.4. The third kappa shape index (κ3) is 6.28. The van der Waals surface area contributed by atoms with Crippen molar-refractivity contribution in [2.75, 3.05) is 6.54 Å². The van der Waals surface area contributed by atoms with Crippen molar-refractivity contribution in [1.82, 2.24) is 5.32 Å². The van der Waals surface area contributed by atoms with Crippen LogP contribution in [0.2, 0.25) is 10.0 Å². The van der Waals surface area contributed by atoms with Crippen LogP contribution in [0, 0.1) is 17.1 Å². The SMILES string of the molecule is CCCC(c1ccc(C(=O)NCCC(=O)O)cc1)C(c1ccc(Cl)cc1)c1c(Cl)cc(C#N)c2c(F)cccc12. The molecule has 40 heavy (non-hydrogen) atoms. The molecule has 0 saturated heterocycles. The molecule has 2 N–H and O–H groups in total. The second kappa shape index (κ2) is 13.0. The second-order valence-electron chi connectivity index (χ2n) is 9.54. The number of carboxylic acids is 1. The third-order valence-corrected chi connectivity index (χ3v) is 7.55. The lowest BCUT2D eigenvalue weighted by Crippen LogP contribution is -2.26. The minimum atomic E-state index is -0.986. The molecule has 5 nitrogen and oxygen atoms in total. The van der Waals surface area contributed by atoms with Crippen LogP contribution in [0.15, 0.2) is 72.8 Å². The highest BCUT2D eigenvalue weighted by Gasteiger charge is 2.30. The molecule has 0 bridgehead atoms. The highest BCUT2D eigenvalue weighted by atomic mass is 35.5. The van der Waals surface area contributed by atoms with Gasteiger partial charge in [-0.2, -0.15) is 5.26 Å². The summed E-state index contributed by atoms with van der Waals surface area (Å²) in [6.07, 6.45) is 1.43. The van der Waals surface area contributed by atoms with Crippen molar-refractivity contribution in [2.24, 2.45) is 0 Å². The van der Waals surface area contributed by atoms with Crippen LogP contribution < -0.4 is 5.32 Å². The van der Waals surface area contributed by atoms with E-state index in [1.54, 1.807) is 36.4 Å². The van der Waals surface area contributed by atoms with Crippen molar-refractivity contribution in [3.63, 3.8) is 0 Å². The average molecular weight is 577 g/mol. The first kappa shape index (κ1) is 29.1. The number of halogens is 3. The van der Waals surface area contributed by atoms with Gasteiger partial charge >= 0.3 is 5.97 Å². The first-order chi connectivity index (χ1) is 19.2. The van der Waals surface area contributed by atoms with Crippen molar-refractivity contribution in [2.45, 2.75) is 38.0 Å². The average Bonchev–Trinajstić information content (AvgIpc) is 2.94. The number of nitriles is 1. The molecule has 0 spiro atoms. The van der Waals surface area contributed by atoms with Crippen LogP contribution in [-0.4, -0.2) is 23.5 Å². The number of carbonyl (C=O) groups is 2. The summed E-state index contributed by atoms with van der Waals surface area (Å²) in [4.78, 5) is 23.3. The van der Waals surface area contributed by atoms with Gasteiger partial charge in [-0.1, -0.05) is 72.9 Å². The molecule has 0 aliphatic rings. The lowest BCUT2D eigenvalue weighted by Gasteiger charge is -2.31. The summed E-state index contributed by atoms with van der Waals surface area (Å²) in [7, 11) is 0. The summed E-state index contributed by atoms with van der Waals surface area (Å²) >= 11 is 13.1. The Morgan fingerprint density at radius 2 is 1.70 bits per heavy atom. The fraction of sp³-hybridized carbons (Fsp3) is 0.219. The number of fused-ring (bicyclic) bond motifs is 1. The lowest BCUT2D eigenvalue weighted by atomic mass is 9.73. The van der Waals surface area contributed by atoms with Crippen LogP contribution in [0.3, 0.4) is 0 Å². The maximum Gasteiger partial charge on any atom is 0.305 e. The van der Waals surface area contributed by atoms with Gasteiger partial charge in [0.25, 0.3) is 5.91 Å². The molecule has 8 heteroatoms. The van der Waals surface area contributed by atoms with E-state index >= 15 is 4.39 Å².